The van der Waals surface area contributed by atoms with Gasteiger partial charge in [-0.05, 0) is 30.3 Å². The van der Waals surface area contributed by atoms with E-state index in [4.69, 9.17) is 9.47 Å². The van der Waals surface area contributed by atoms with Crippen LogP contribution in [0.15, 0.2) is 59.5 Å². The summed E-state index contributed by atoms with van der Waals surface area (Å²) in [6, 6.07) is 9.68. The molecule has 0 radical (unpaired) electrons. The highest BCUT2D eigenvalue weighted by Gasteiger charge is 2.57. The summed E-state index contributed by atoms with van der Waals surface area (Å²) in [7, 11) is -0.984. The van der Waals surface area contributed by atoms with E-state index in [0.717, 1.165) is 13.0 Å². The highest BCUT2D eigenvalue weighted by molar-refractivity contribution is 7.93. The third kappa shape index (κ3) is 7.43. The molecule has 0 aliphatic carbocycles. The maximum Gasteiger partial charge on any atom is 0.420 e. The van der Waals surface area contributed by atoms with Gasteiger partial charge in [-0.3, -0.25) is 9.52 Å². The fourth-order valence-corrected chi connectivity index (χ4v) is 6.68. The number of hydrogen-bond donors (Lipinski definition) is 7. The number of ether oxygens (including phenoxy) is 2. The van der Waals surface area contributed by atoms with Gasteiger partial charge in [0.2, 0.25) is 5.91 Å². The lowest BCUT2D eigenvalue weighted by atomic mass is 9.88. The molecule has 0 unspecified atom stereocenters. The number of fused-ring (bicyclic) bond motifs is 1. The highest BCUT2D eigenvalue weighted by Crippen LogP contribution is 2.42. The SMILES string of the molecule is CC(=O)N[C@H]1[C@H]([C@H](O)[C@H](O)CO)O[C@@](Oc2ccc(NS(=O)(=O)c3cccc4c(N(C)C)cccc34)cc2C(F)(F)F)(C(=O)O)C[C@@H]1O. The number of hydrogen-bond acceptors (Lipinski definition) is 11. The Morgan fingerprint density at radius 1 is 1.10 bits per heavy atom. The summed E-state index contributed by atoms with van der Waals surface area (Å²) in [6.45, 7) is -0.0586. The largest absolute Gasteiger partial charge is 0.476 e. The second-order valence-corrected chi connectivity index (χ2v) is 13.0. The van der Waals surface area contributed by atoms with Crippen LogP contribution in [0.2, 0.25) is 0 Å². The van der Waals surface area contributed by atoms with E-state index in [1.54, 1.807) is 43.3 Å². The molecular weight excluding hydrogens is 667 g/mol. The van der Waals surface area contributed by atoms with Gasteiger partial charge in [0.05, 0.1) is 35.6 Å². The Hall–Kier alpha value is -4.20. The van der Waals surface area contributed by atoms with Crippen molar-refractivity contribution in [3.05, 3.63) is 60.2 Å². The van der Waals surface area contributed by atoms with Crippen molar-refractivity contribution < 1.29 is 66.2 Å². The number of alkyl halides is 3. The summed E-state index contributed by atoms with van der Waals surface area (Å²) < 4.78 is 82.9. The first-order valence-electron chi connectivity index (χ1n) is 14.3. The summed E-state index contributed by atoms with van der Waals surface area (Å²) in [4.78, 5) is 25.8. The highest BCUT2D eigenvalue weighted by atomic mass is 32.2. The number of carbonyl (C=O) groups excluding carboxylic acids is 1. The van der Waals surface area contributed by atoms with Crippen molar-refractivity contribution in [2.45, 2.75) is 60.7 Å². The van der Waals surface area contributed by atoms with Gasteiger partial charge in [-0.15, -0.1) is 0 Å². The lowest BCUT2D eigenvalue weighted by Gasteiger charge is -2.46. The number of rotatable bonds is 11. The molecule has 0 spiro atoms. The van der Waals surface area contributed by atoms with Crippen molar-refractivity contribution in [2.24, 2.45) is 0 Å². The number of benzene rings is 3. The number of aliphatic carboxylic acids is 1. The second-order valence-electron chi connectivity index (χ2n) is 11.3. The molecule has 1 saturated heterocycles. The molecule has 3 aromatic rings. The van der Waals surface area contributed by atoms with E-state index in [2.05, 4.69) is 10.0 Å². The number of carboxylic acid groups (broad SMARTS) is 1. The number of amides is 1. The topological polar surface area (TPSA) is 215 Å². The first-order valence-corrected chi connectivity index (χ1v) is 15.7. The van der Waals surface area contributed by atoms with Gasteiger partial charge in [0.1, 0.15) is 24.1 Å². The van der Waals surface area contributed by atoms with Crippen molar-refractivity contribution in [1.82, 2.24) is 5.32 Å². The van der Waals surface area contributed by atoms with E-state index >= 15 is 0 Å². The Morgan fingerprint density at radius 3 is 2.33 bits per heavy atom. The van der Waals surface area contributed by atoms with Crippen LogP contribution < -0.4 is 19.7 Å². The van der Waals surface area contributed by atoms with Crippen LogP contribution in [0.3, 0.4) is 0 Å². The standard InChI is InChI=1S/C30H34F3N3O11S/c1-15(38)34-25-21(39)13-29(28(42)43,47-27(25)26(41)22(40)14-37)46-23-11-10-16(12-19(23)30(31,32)33)35-48(44,45)24-9-5-6-17-18(24)7-4-8-20(17)36(2)3/h4-12,21-22,25-27,35,37,39-41H,13-14H2,1-3H3,(H,34,38)(H,42,43)/t21-,22+,25+,26+,27+,29+/m0/s1. The molecular formula is C30H34F3N3O11S. The molecule has 1 fully saturated rings. The zero-order chi connectivity index (χ0) is 35.8. The molecule has 1 aliphatic heterocycles. The normalized spacial score (nSPS) is 22.8. The van der Waals surface area contributed by atoms with Gasteiger partial charge < -0.3 is 45.2 Å². The number of anilines is 2. The Labute approximate surface area is 272 Å². The number of aliphatic hydroxyl groups is 4. The lowest BCUT2D eigenvalue weighted by molar-refractivity contribution is -0.285. The minimum absolute atomic E-state index is 0.226. The summed E-state index contributed by atoms with van der Waals surface area (Å²) in [5.41, 5.74) is -1.50. The molecule has 18 heteroatoms. The molecule has 14 nitrogen and oxygen atoms in total. The van der Waals surface area contributed by atoms with Crippen molar-refractivity contribution >= 4 is 44.0 Å². The van der Waals surface area contributed by atoms with Gasteiger partial charge in [0.25, 0.3) is 10.0 Å². The fraction of sp³-hybridized carbons (Fsp3) is 0.400. The summed E-state index contributed by atoms with van der Waals surface area (Å²) in [5, 5.41) is 53.8. The molecule has 1 amide bonds. The van der Waals surface area contributed by atoms with Crippen molar-refractivity contribution in [3.8, 4) is 5.75 Å². The molecule has 4 rings (SSSR count). The van der Waals surface area contributed by atoms with E-state index in [9.17, 15) is 56.7 Å². The molecule has 6 atom stereocenters. The van der Waals surface area contributed by atoms with Crippen LogP contribution in [-0.4, -0.2) is 103 Å². The smallest absolute Gasteiger partial charge is 0.420 e. The van der Waals surface area contributed by atoms with E-state index < -0.39 is 94.3 Å². The Balaban J connectivity index is 1.74. The lowest BCUT2D eigenvalue weighted by Crippen LogP contribution is -2.68. The molecule has 0 bridgehead atoms. The Morgan fingerprint density at radius 2 is 1.75 bits per heavy atom. The average Bonchev–Trinajstić information content (AvgIpc) is 3.00. The monoisotopic (exact) mass is 701 g/mol. The van der Waals surface area contributed by atoms with Gasteiger partial charge >= 0.3 is 17.9 Å². The molecule has 1 aliphatic rings. The van der Waals surface area contributed by atoms with E-state index in [1.165, 1.54) is 12.1 Å². The van der Waals surface area contributed by atoms with Gasteiger partial charge in [-0.2, -0.15) is 13.2 Å². The number of carboxylic acids is 1. The molecule has 262 valence electrons. The van der Waals surface area contributed by atoms with E-state index in [-0.39, 0.29) is 4.90 Å². The molecule has 0 aromatic heterocycles. The first kappa shape index (κ1) is 36.6. The van der Waals surface area contributed by atoms with Crippen LogP contribution in [0.4, 0.5) is 24.5 Å². The van der Waals surface area contributed by atoms with Crippen molar-refractivity contribution in [3.63, 3.8) is 0 Å². The van der Waals surface area contributed by atoms with Gasteiger partial charge in [0, 0.05) is 43.2 Å². The Bertz CT molecular complexity index is 1790. The maximum atomic E-state index is 14.4. The first-order chi connectivity index (χ1) is 22.3. The fourth-order valence-electron chi connectivity index (χ4n) is 5.41. The number of aliphatic hydroxyl groups excluding tert-OH is 4. The van der Waals surface area contributed by atoms with Gasteiger partial charge in [-0.25, -0.2) is 13.2 Å². The Kier molecular flexibility index (Phi) is 10.5. The van der Waals surface area contributed by atoms with Crippen LogP contribution in [0.5, 0.6) is 5.75 Å². The zero-order valence-corrected chi connectivity index (χ0v) is 26.5. The summed E-state index contributed by atoms with van der Waals surface area (Å²) in [6.07, 6.45) is -14.4. The van der Waals surface area contributed by atoms with Gasteiger partial charge in [-0.1, -0.05) is 24.3 Å². The predicted octanol–water partition coefficient (Wildman–Crippen LogP) is 1.25. The van der Waals surface area contributed by atoms with E-state index in [0.29, 0.717) is 28.6 Å². The number of sulfonamides is 1. The van der Waals surface area contributed by atoms with Crippen LogP contribution in [0, 0.1) is 0 Å². The number of nitrogens with zero attached hydrogens (tertiary/aromatic N) is 1. The quantitative estimate of drug-likeness (QED) is 0.151. The number of halogens is 3. The summed E-state index contributed by atoms with van der Waals surface area (Å²) >= 11 is 0. The number of nitrogens with one attached hydrogen (secondary N) is 2. The molecule has 0 saturated carbocycles. The summed E-state index contributed by atoms with van der Waals surface area (Å²) in [5.74, 6) is -7.12. The third-order valence-corrected chi connectivity index (χ3v) is 9.07. The molecule has 48 heavy (non-hydrogen) atoms. The molecule has 1 heterocycles. The van der Waals surface area contributed by atoms with Crippen molar-refractivity contribution in [2.75, 3.05) is 30.3 Å². The zero-order valence-electron chi connectivity index (χ0n) is 25.7. The molecule has 7 N–H and O–H groups in total. The predicted molar refractivity (Wildman–Crippen MR) is 164 cm³/mol. The van der Waals surface area contributed by atoms with Crippen LogP contribution >= 0.6 is 0 Å². The van der Waals surface area contributed by atoms with Crippen LogP contribution in [0.1, 0.15) is 18.9 Å². The van der Waals surface area contributed by atoms with Crippen LogP contribution in [-0.2, 0) is 30.5 Å². The van der Waals surface area contributed by atoms with E-state index in [1.807, 2.05) is 0 Å². The minimum atomic E-state index is -5.26. The second kappa shape index (κ2) is 13.7. The third-order valence-electron chi connectivity index (χ3n) is 7.63. The van der Waals surface area contributed by atoms with Crippen molar-refractivity contribution in [1.29, 1.82) is 0 Å². The minimum Gasteiger partial charge on any atom is -0.476 e. The maximum absolute atomic E-state index is 14.4. The molecule has 3 aromatic carbocycles. The van der Waals surface area contributed by atoms with Crippen LogP contribution in [0.25, 0.3) is 10.8 Å². The average molecular weight is 702 g/mol. The number of carbonyl (C=O) groups is 2. The van der Waals surface area contributed by atoms with Gasteiger partial charge in [0.15, 0.2) is 0 Å².